The summed E-state index contributed by atoms with van der Waals surface area (Å²) in [7, 11) is 0. The van der Waals surface area contributed by atoms with Gasteiger partial charge in [-0.25, -0.2) is 4.98 Å². The molecule has 11 heteroatoms. The summed E-state index contributed by atoms with van der Waals surface area (Å²) in [4.78, 5) is 62.7. The standard InChI is InChI=1S/C29H37N5O6/c1-2-8-25(35)33-15-17-34(18-16-33)29(39)22(13-14-26(36)37)31-28(38)23-19-24(40-21-11-6-7-12-21)32-27(30-23)20-9-4-3-5-10-20/h3-5,9-10,19,21-22H,2,6-8,11-18H2,1H3,(H,31,38)(H,36,37)/t22-/m0/s1. The fourth-order valence-electron chi connectivity index (χ4n) is 5.02. The molecule has 2 aromatic rings. The number of carbonyl (C=O) groups is 4. The van der Waals surface area contributed by atoms with Crippen LogP contribution < -0.4 is 10.1 Å². The second kappa shape index (κ2) is 13.9. The van der Waals surface area contributed by atoms with Crippen molar-refractivity contribution in [3.63, 3.8) is 0 Å². The highest BCUT2D eigenvalue weighted by Crippen LogP contribution is 2.25. The first-order valence-corrected chi connectivity index (χ1v) is 14.0. The highest BCUT2D eigenvalue weighted by Gasteiger charge is 2.31. The van der Waals surface area contributed by atoms with E-state index < -0.39 is 17.9 Å². The van der Waals surface area contributed by atoms with Gasteiger partial charge in [0.1, 0.15) is 17.8 Å². The minimum absolute atomic E-state index is 0.0159. The van der Waals surface area contributed by atoms with E-state index in [1.165, 1.54) is 6.07 Å². The lowest BCUT2D eigenvalue weighted by Crippen LogP contribution is -2.56. The quantitative estimate of drug-likeness (QED) is 0.434. The number of carboxylic acids is 1. The van der Waals surface area contributed by atoms with Crippen LogP contribution in [-0.2, 0) is 14.4 Å². The Morgan fingerprint density at radius 1 is 1.00 bits per heavy atom. The van der Waals surface area contributed by atoms with Crippen molar-refractivity contribution in [1.82, 2.24) is 25.1 Å². The summed E-state index contributed by atoms with van der Waals surface area (Å²) in [6.07, 6.45) is 4.83. The maximum absolute atomic E-state index is 13.4. The minimum atomic E-state index is -1.07. The Kier molecular flexibility index (Phi) is 10.0. The normalized spacial score (nSPS) is 16.4. The Morgan fingerprint density at radius 3 is 2.33 bits per heavy atom. The van der Waals surface area contributed by atoms with Crippen LogP contribution in [0.5, 0.6) is 5.88 Å². The number of ether oxygens (including phenoxy) is 1. The molecule has 1 aromatic heterocycles. The number of piperazine rings is 1. The molecule has 1 saturated carbocycles. The van der Waals surface area contributed by atoms with Crippen molar-refractivity contribution < 1.29 is 29.0 Å². The van der Waals surface area contributed by atoms with Gasteiger partial charge in [-0.1, -0.05) is 37.3 Å². The van der Waals surface area contributed by atoms with Gasteiger partial charge in [-0.3, -0.25) is 19.2 Å². The van der Waals surface area contributed by atoms with E-state index in [9.17, 15) is 24.3 Å². The second-order valence-electron chi connectivity index (χ2n) is 10.2. The van der Waals surface area contributed by atoms with Gasteiger partial charge in [-0.2, -0.15) is 4.98 Å². The van der Waals surface area contributed by atoms with Crippen LogP contribution in [0.4, 0.5) is 0 Å². The van der Waals surface area contributed by atoms with E-state index in [4.69, 9.17) is 4.74 Å². The molecule has 0 bridgehead atoms. The monoisotopic (exact) mass is 551 g/mol. The zero-order valence-corrected chi connectivity index (χ0v) is 22.9. The Bertz CT molecular complexity index is 1190. The van der Waals surface area contributed by atoms with Gasteiger partial charge in [0.25, 0.3) is 5.91 Å². The van der Waals surface area contributed by atoms with Crippen LogP contribution in [0.25, 0.3) is 11.4 Å². The third-order valence-electron chi connectivity index (χ3n) is 7.22. The number of rotatable bonds is 11. The Morgan fingerprint density at radius 2 is 1.68 bits per heavy atom. The molecular weight excluding hydrogens is 514 g/mol. The van der Waals surface area contributed by atoms with Gasteiger partial charge in [0.2, 0.25) is 17.7 Å². The molecule has 1 aliphatic heterocycles. The lowest BCUT2D eigenvalue weighted by atomic mass is 10.1. The Balaban J connectivity index is 1.52. The van der Waals surface area contributed by atoms with Gasteiger partial charge in [0, 0.05) is 50.7 Å². The van der Waals surface area contributed by atoms with E-state index in [0.29, 0.717) is 44.0 Å². The number of amides is 3. The number of aromatic nitrogens is 2. The number of carbonyl (C=O) groups excluding carboxylic acids is 3. The smallest absolute Gasteiger partial charge is 0.303 e. The summed E-state index contributed by atoms with van der Waals surface area (Å²) >= 11 is 0. The number of nitrogens with zero attached hydrogens (tertiary/aromatic N) is 4. The molecule has 1 saturated heterocycles. The molecule has 214 valence electrons. The van der Waals surface area contributed by atoms with E-state index in [0.717, 1.165) is 32.1 Å². The number of carboxylic acid groups (broad SMARTS) is 1. The van der Waals surface area contributed by atoms with Gasteiger partial charge < -0.3 is 25.0 Å². The maximum atomic E-state index is 13.4. The van der Waals surface area contributed by atoms with Crippen molar-refractivity contribution in [3.05, 3.63) is 42.1 Å². The predicted octanol–water partition coefficient (Wildman–Crippen LogP) is 2.90. The molecule has 0 spiro atoms. The fourth-order valence-corrected chi connectivity index (χ4v) is 5.02. The van der Waals surface area contributed by atoms with Crippen molar-refractivity contribution in [2.75, 3.05) is 26.2 Å². The molecule has 2 aliphatic rings. The van der Waals surface area contributed by atoms with E-state index in [1.54, 1.807) is 9.80 Å². The van der Waals surface area contributed by atoms with E-state index in [1.807, 2.05) is 37.3 Å². The Hall–Kier alpha value is -4.02. The van der Waals surface area contributed by atoms with Crippen molar-refractivity contribution >= 4 is 23.7 Å². The van der Waals surface area contributed by atoms with E-state index in [2.05, 4.69) is 15.3 Å². The highest BCUT2D eigenvalue weighted by atomic mass is 16.5. The van der Waals surface area contributed by atoms with Crippen molar-refractivity contribution in [3.8, 4) is 17.3 Å². The molecule has 1 atom stereocenters. The number of hydrogen-bond donors (Lipinski definition) is 2. The molecule has 0 unspecified atom stereocenters. The van der Waals surface area contributed by atoms with E-state index >= 15 is 0 Å². The molecule has 1 aromatic carbocycles. The van der Waals surface area contributed by atoms with Gasteiger partial charge in [0.15, 0.2) is 5.82 Å². The van der Waals surface area contributed by atoms with Crippen LogP contribution >= 0.6 is 0 Å². The van der Waals surface area contributed by atoms with Gasteiger partial charge in [-0.05, 0) is 38.5 Å². The van der Waals surface area contributed by atoms with Crippen molar-refractivity contribution in [2.45, 2.75) is 70.4 Å². The molecule has 2 N–H and O–H groups in total. The van der Waals surface area contributed by atoms with Crippen LogP contribution in [0.15, 0.2) is 36.4 Å². The molecule has 40 heavy (non-hydrogen) atoms. The molecule has 1 aliphatic carbocycles. The first kappa shape index (κ1) is 29.0. The summed E-state index contributed by atoms with van der Waals surface area (Å²) in [6.45, 7) is 3.38. The predicted molar refractivity (Wildman–Crippen MR) is 147 cm³/mol. The molecular formula is C29H37N5O6. The molecule has 11 nitrogen and oxygen atoms in total. The van der Waals surface area contributed by atoms with Gasteiger partial charge in [-0.15, -0.1) is 0 Å². The summed E-state index contributed by atoms with van der Waals surface area (Å²) in [5.41, 5.74) is 0.743. The second-order valence-corrected chi connectivity index (χ2v) is 10.2. The largest absolute Gasteiger partial charge is 0.481 e. The lowest BCUT2D eigenvalue weighted by molar-refractivity contribution is -0.141. The molecule has 2 fully saturated rings. The first-order chi connectivity index (χ1) is 19.3. The van der Waals surface area contributed by atoms with E-state index in [-0.39, 0.29) is 42.3 Å². The molecule has 0 radical (unpaired) electrons. The first-order valence-electron chi connectivity index (χ1n) is 14.0. The minimum Gasteiger partial charge on any atom is -0.481 e. The van der Waals surface area contributed by atoms with Crippen LogP contribution in [0.2, 0.25) is 0 Å². The summed E-state index contributed by atoms with van der Waals surface area (Å²) in [6, 6.07) is 9.64. The molecule has 4 rings (SSSR count). The number of aliphatic carboxylic acids is 1. The third kappa shape index (κ3) is 7.77. The molecule has 3 amide bonds. The van der Waals surface area contributed by atoms with Crippen LogP contribution in [0.3, 0.4) is 0 Å². The van der Waals surface area contributed by atoms with Crippen molar-refractivity contribution in [2.24, 2.45) is 0 Å². The lowest BCUT2D eigenvalue weighted by Gasteiger charge is -2.36. The van der Waals surface area contributed by atoms with Crippen LogP contribution in [-0.4, -0.2) is 86.9 Å². The topological polar surface area (TPSA) is 142 Å². The van der Waals surface area contributed by atoms with Crippen LogP contribution in [0, 0.1) is 0 Å². The van der Waals surface area contributed by atoms with Gasteiger partial charge in [0.05, 0.1) is 0 Å². The maximum Gasteiger partial charge on any atom is 0.303 e. The average Bonchev–Trinajstić information content (AvgIpc) is 3.48. The number of hydrogen-bond acceptors (Lipinski definition) is 7. The van der Waals surface area contributed by atoms with Crippen LogP contribution in [0.1, 0.15) is 68.8 Å². The fraction of sp³-hybridized carbons (Fsp3) is 0.517. The SMILES string of the molecule is CCCC(=O)N1CCN(C(=O)[C@H](CCC(=O)O)NC(=O)c2cc(OC3CCCC3)nc(-c3ccccc3)n2)CC1. The molecule has 2 heterocycles. The zero-order valence-electron chi connectivity index (χ0n) is 22.9. The summed E-state index contributed by atoms with van der Waals surface area (Å²) < 4.78 is 6.09. The highest BCUT2D eigenvalue weighted by molar-refractivity contribution is 5.96. The van der Waals surface area contributed by atoms with Gasteiger partial charge >= 0.3 is 5.97 Å². The summed E-state index contributed by atoms with van der Waals surface area (Å²) in [5, 5.41) is 12.0. The summed E-state index contributed by atoms with van der Waals surface area (Å²) in [5.74, 6) is -1.40. The Labute approximate surface area is 233 Å². The third-order valence-corrected chi connectivity index (χ3v) is 7.22. The average molecular weight is 552 g/mol. The number of benzene rings is 1. The number of nitrogens with one attached hydrogen (secondary N) is 1. The zero-order chi connectivity index (χ0) is 28.5. The van der Waals surface area contributed by atoms with Crippen molar-refractivity contribution in [1.29, 1.82) is 0 Å².